The van der Waals surface area contributed by atoms with Gasteiger partial charge in [0.1, 0.15) is 17.1 Å². The Labute approximate surface area is 216 Å². The number of thioether (sulfide) groups is 1. The van der Waals surface area contributed by atoms with Crippen molar-refractivity contribution in [2.75, 3.05) is 21.3 Å². The molecule has 0 atom stereocenters. The first-order valence-corrected chi connectivity index (χ1v) is 13.0. The molecule has 0 fully saturated rings. The number of benzene rings is 3. The molecular weight excluding hydrogens is 585 g/mol. The van der Waals surface area contributed by atoms with Crippen LogP contribution in [0.25, 0.3) is 33.4 Å². The maximum atomic E-state index is 12.3. The number of carbonyl (C=O) groups excluding carboxylic acids is 2. The molecule has 10 heteroatoms. The zero-order chi connectivity index (χ0) is 25.1. The summed E-state index contributed by atoms with van der Waals surface area (Å²) in [5.74, 6) is -1.03. The Balaban J connectivity index is 1.78. The van der Waals surface area contributed by atoms with Crippen molar-refractivity contribution in [3.8, 4) is 28.2 Å². The van der Waals surface area contributed by atoms with E-state index in [0.717, 1.165) is 0 Å². The number of halogens is 1. The Bertz CT molecular complexity index is 1500. The maximum Gasteiger partial charge on any atom is 0.336 e. The molecule has 3 N–H and O–H groups in total. The number of amides is 1. The first-order valence-electron chi connectivity index (χ1n) is 10.3. The van der Waals surface area contributed by atoms with Crippen LogP contribution in [0.15, 0.2) is 63.8 Å². The van der Waals surface area contributed by atoms with Crippen molar-refractivity contribution in [1.29, 1.82) is 0 Å². The van der Waals surface area contributed by atoms with Gasteiger partial charge in [-0.15, -0.1) is 11.8 Å². The normalized spacial score (nSPS) is 11.0. The lowest BCUT2D eigenvalue weighted by Gasteiger charge is -2.17. The number of hydrogen-bond donors (Lipinski definition) is 3. The summed E-state index contributed by atoms with van der Waals surface area (Å²) in [6, 6.07) is 13.2. The summed E-state index contributed by atoms with van der Waals surface area (Å²) < 4.78 is 6.19. The molecule has 0 spiro atoms. The lowest BCUT2D eigenvalue weighted by Crippen LogP contribution is -2.16. The van der Waals surface area contributed by atoms with Crippen LogP contribution in [0.2, 0.25) is 0 Å². The highest BCUT2D eigenvalue weighted by Crippen LogP contribution is 2.42. The van der Waals surface area contributed by atoms with Gasteiger partial charge in [0.2, 0.25) is 5.91 Å². The molecule has 0 unspecified atom stereocenters. The predicted octanol–water partition coefficient (Wildman–Crippen LogP) is 4.64. The van der Waals surface area contributed by atoms with E-state index in [1.807, 2.05) is 22.6 Å². The van der Waals surface area contributed by atoms with Gasteiger partial charge < -0.3 is 19.9 Å². The van der Waals surface area contributed by atoms with E-state index < -0.39 is 5.97 Å². The number of aromatic hydroxyl groups is 1. The quantitative estimate of drug-likeness (QED) is 0.151. The van der Waals surface area contributed by atoms with Crippen LogP contribution in [0, 0.1) is 0 Å². The molecular formula is C25H18INO7S. The minimum absolute atomic E-state index is 0.0346. The molecule has 0 saturated carbocycles. The summed E-state index contributed by atoms with van der Waals surface area (Å²) in [6.07, 6.45) is 0. The maximum absolute atomic E-state index is 12.3. The number of carboxylic acid groups (broad SMARTS) is 1. The second-order valence-electron chi connectivity index (χ2n) is 7.59. The first-order chi connectivity index (χ1) is 16.8. The van der Waals surface area contributed by atoms with Crippen LogP contribution in [0.1, 0.15) is 10.4 Å². The van der Waals surface area contributed by atoms with Gasteiger partial charge in [0.25, 0.3) is 0 Å². The summed E-state index contributed by atoms with van der Waals surface area (Å²) in [6.45, 7) is 0. The van der Waals surface area contributed by atoms with Gasteiger partial charge in [0.05, 0.1) is 21.5 Å². The SMILES string of the molecule is O=C(CI)CSCC(=O)Nc1ccc(-c2c3ccc(=O)cc-3oc3cc(O)ccc23)c(C(=O)O)c1. The number of carbonyl (C=O) groups is 3. The van der Waals surface area contributed by atoms with Crippen LogP contribution in [0.3, 0.4) is 0 Å². The van der Waals surface area contributed by atoms with E-state index in [9.17, 15) is 29.4 Å². The Morgan fingerprint density at radius 3 is 2.49 bits per heavy atom. The molecule has 0 saturated heterocycles. The minimum atomic E-state index is -1.21. The van der Waals surface area contributed by atoms with Crippen LogP contribution in [-0.4, -0.2) is 43.8 Å². The smallest absolute Gasteiger partial charge is 0.336 e. The van der Waals surface area contributed by atoms with E-state index in [4.69, 9.17) is 4.42 Å². The largest absolute Gasteiger partial charge is 0.508 e. The highest BCUT2D eigenvalue weighted by molar-refractivity contribution is 14.1. The van der Waals surface area contributed by atoms with Gasteiger partial charge in [-0.3, -0.25) is 14.4 Å². The summed E-state index contributed by atoms with van der Waals surface area (Å²) in [5, 5.41) is 23.1. The number of phenolic OH excluding ortho intramolecular Hbond substituents is 1. The number of nitrogens with one attached hydrogen (secondary N) is 1. The van der Waals surface area contributed by atoms with Crippen LogP contribution in [-0.2, 0) is 9.59 Å². The number of hydrogen-bond acceptors (Lipinski definition) is 7. The number of rotatable bonds is 8. The molecule has 1 heterocycles. The number of carboxylic acids is 1. The van der Waals surface area contributed by atoms with Gasteiger partial charge in [-0.2, -0.15) is 0 Å². The molecule has 1 amide bonds. The average Bonchev–Trinajstić information content (AvgIpc) is 2.82. The topological polar surface area (TPSA) is 134 Å². The number of fused-ring (bicyclic) bond motifs is 2. The Morgan fingerprint density at radius 1 is 0.971 bits per heavy atom. The fourth-order valence-corrected chi connectivity index (χ4v) is 4.98. The number of anilines is 1. The molecule has 0 bridgehead atoms. The Hall–Kier alpha value is -3.38. The molecule has 35 heavy (non-hydrogen) atoms. The van der Waals surface area contributed by atoms with Gasteiger partial charge >= 0.3 is 5.97 Å². The highest BCUT2D eigenvalue weighted by atomic mass is 127. The molecule has 1 aliphatic heterocycles. The summed E-state index contributed by atoms with van der Waals surface area (Å²) >= 11 is 3.16. The van der Waals surface area contributed by atoms with Crippen molar-refractivity contribution in [1.82, 2.24) is 0 Å². The average molecular weight is 603 g/mol. The van der Waals surface area contributed by atoms with Crippen LogP contribution in [0.4, 0.5) is 5.69 Å². The molecule has 0 aromatic heterocycles. The van der Waals surface area contributed by atoms with Gasteiger partial charge in [-0.05, 0) is 42.0 Å². The van der Waals surface area contributed by atoms with Crippen molar-refractivity contribution in [3.05, 3.63) is 70.4 Å². The first kappa shape index (κ1) is 24.7. The third-order valence-corrected chi connectivity index (χ3v) is 6.97. The van der Waals surface area contributed by atoms with Gasteiger partial charge in [-0.1, -0.05) is 28.7 Å². The van der Waals surface area contributed by atoms with E-state index in [0.29, 0.717) is 32.2 Å². The number of phenols is 1. The van der Waals surface area contributed by atoms with Crippen molar-refractivity contribution < 1.29 is 29.0 Å². The second kappa shape index (κ2) is 10.5. The second-order valence-corrected chi connectivity index (χ2v) is 9.34. The molecule has 8 nitrogen and oxygen atoms in total. The molecule has 2 aliphatic rings. The number of alkyl halides is 1. The highest BCUT2D eigenvalue weighted by Gasteiger charge is 2.22. The fourth-order valence-electron chi connectivity index (χ4n) is 3.66. The van der Waals surface area contributed by atoms with Crippen molar-refractivity contribution in [2.24, 2.45) is 0 Å². The molecule has 1 aliphatic carbocycles. The Morgan fingerprint density at radius 2 is 1.74 bits per heavy atom. The van der Waals surface area contributed by atoms with Crippen molar-refractivity contribution >= 4 is 68.7 Å². The molecule has 2 aromatic rings. The number of ketones is 1. The zero-order valence-electron chi connectivity index (χ0n) is 18.0. The molecule has 178 valence electrons. The third-order valence-electron chi connectivity index (χ3n) is 5.13. The minimum Gasteiger partial charge on any atom is -0.508 e. The predicted molar refractivity (Wildman–Crippen MR) is 143 cm³/mol. The molecule has 0 radical (unpaired) electrons. The van der Waals surface area contributed by atoms with E-state index in [1.54, 1.807) is 24.3 Å². The number of Topliss-reactive ketones (excluding diaryl/α,β-unsaturated/α-hetero) is 1. The van der Waals surface area contributed by atoms with E-state index in [1.165, 1.54) is 42.1 Å². The zero-order valence-corrected chi connectivity index (χ0v) is 21.0. The van der Waals surface area contributed by atoms with Crippen LogP contribution < -0.4 is 10.7 Å². The summed E-state index contributed by atoms with van der Waals surface area (Å²) in [4.78, 5) is 47.8. The van der Waals surface area contributed by atoms with Crippen molar-refractivity contribution in [3.63, 3.8) is 0 Å². The van der Waals surface area contributed by atoms with Gasteiger partial charge in [0.15, 0.2) is 11.2 Å². The lowest BCUT2D eigenvalue weighted by atomic mass is 9.90. The Kier molecular flexibility index (Phi) is 7.41. The van der Waals surface area contributed by atoms with Crippen molar-refractivity contribution in [2.45, 2.75) is 0 Å². The fraction of sp³-hybridized carbons (Fsp3) is 0.120. The molecule has 4 rings (SSSR count). The third kappa shape index (κ3) is 5.49. The standard InChI is InChI=1S/C25H18INO7S/c26-10-16(30)11-35-12-23(31)27-13-1-4-17(20(7-13)25(32)33)24-18-5-2-14(28)8-21(18)34-22-9-15(29)3-6-19(22)24/h1-9,28H,10-12H2,(H,27,31)(H,32,33). The summed E-state index contributed by atoms with van der Waals surface area (Å²) in [5.41, 5.74) is 1.64. The van der Waals surface area contributed by atoms with Gasteiger partial charge in [0, 0.05) is 34.3 Å². The monoisotopic (exact) mass is 603 g/mol. The summed E-state index contributed by atoms with van der Waals surface area (Å²) in [7, 11) is 0. The van der Waals surface area contributed by atoms with Gasteiger partial charge in [-0.25, -0.2) is 4.79 Å². The van der Waals surface area contributed by atoms with E-state index >= 15 is 0 Å². The number of aromatic carboxylic acids is 1. The van der Waals surface area contributed by atoms with Crippen LogP contribution >= 0.6 is 34.4 Å². The van der Waals surface area contributed by atoms with Crippen LogP contribution in [0.5, 0.6) is 5.75 Å². The van der Waals surface area contributed by atoms with E-state index in [2.05, 4.69) is 5.32 Å². The molecule has 2 aromatic carbocycles. The van der Waals surface area contributed by atoms with E-state index in [-0.39, 0.29) is 51.3 Å². The lowest BCUT2D eigenvalue weighted by molar-refractivity contribution is -0.114.